The molecule has 0 saturated heterocycles. The number of nitrogens with zero attached hydrogens (tertiary/aromatic N) is 4. The first-order chi connectivity index (χ1) is 23.7. The zero-order valence-corrected chi connectivity index (χ0v) is 25.8. The maximum absolute atomic E-state index is 9.90. The summed E-state index contributed by atoms with van der Waals surface area (Å²) in [7, 11) is 0. The third-order valence-corrected chi connectivity index (χ3v) is 9.36. The predicted octanol–water partition coefficient (Wildman–Crippen LogP) is 11.0. The minimum Gasteiger partial charge on any atom is -0.309 e. The van der Waals surface area contributed by atoms with E-state index in [4.69, 9.17) is 0 Å². The highest BCUT2D eigenvalue weighted by atomic mass is 15.0. The quantitative estimate of drug-likeness (QED) is 0.199. The van der Waals surface area contributed by atoms with Crippen LogP contribution in [-0.4, -0.2) is 9.13 Å². The average molecular weight is 611 g/mol. The number of para-hydroxylation sites is 3. The number of nitriles is 2. The SMILES string of the molecule is N#Cc1cccc(-c2c(-c3cccc(-n4c5ccccc5c5cc(C#N)ccc54)c3)cccc2-n2c3ccccc3c3ccccc32)c1. The molecule has 0 unspecified atom stereocenters. The molecular formula is C44H26N4. The molecule has 9 aromatic rings. The molecule has 2 aromatic heterocycles. The molecule has 0 aliphatic rings. The second-order valence-electron chi connectivity index (χ2n) is 12.0. The molecule has 0 aliphatic carbocycles. The third-order valence-electron chi connectivity index (χ3n) is 9.36. The Hall–Kier alpha value is -6.88. The zero-order valence-electron chi connectivity index (χ0n) is 25.8. The third kappa shape index (κ3) is 4.14. The highest BCUT2D eigenvalue weighted by molar-refractivity contribution is 6.11. The van der Waals surface area contributed by atoms with Crippen LogP contribution in [0.1, 0.15) is 11.1 Å². The number of hydrogen-bond donors (Lipinski definition) is 0. The second-order valence-corrected chi connectivity index (χ2v) is 12.0. The summed E-state index contributed by atoms with van der Waals surface area (Å²) >= 11 is 0. The van der Waals surface area contributed by atoms with Crippen molar-refractivity contribution in [3.63, 3.8) is 0 Å². The monoisotopic (exact) mass is 610 g/mol. The molecule has 0 amide bonds. The molecule has 48 heavy (non-hydrogen) atoms. The molecule has 0 fully saturated rings. The van der Waals surface area contributed by atoms with Crippen LogP contribution in [0.25, 0.3) is 77.2 Å². The van der Waals surface area contributed by atoms with E-state index in [1.165, 1.54) is 10.8 Å². The molecule has 2 heterocycles. The van der Waals surface area contributed by atoms with Gasteiger partial charge in [-0.3, -0.25) is 0 Å². The van der Waals surface area contributed by atoms with E-state index >= 15 is 0 Å². The largest absolute Gasteiger partial charge is 0.309 e. The van der Waals surface area contributed by atoms with Gasteiger partial charge in [0.1, 0.15) is 0 Å². The lowest BCUT2D eigenvalue weighted by molar-refractivity contribution is 1.17. The number of fused-ring (bicyclic) bond motifs is 6. The van der Waals surface area contributed by atoms with Crippen molar-refractivity contribution in [2.75, 3.05) is 0 Å². The Balaban J connectivity index is 1.34. The first-order valence-electron chi connectivity index (χ1n) is 15.9. The number of benzene rings is 7. The molecule has 222 valence electrons. The van der Waals surface area contributed by atoms with E-state index in [1.807, 2.05) is 42.5 Å². The van der Waals surface area contributed by atoms with Crippen molar-refractivity contribution in [1.29, 1.82) is 10.5 Å². The topological polar surface area (TPSA) is 57.4 Å². The van der Waals surface area contributed by atoms with E-state index in [0.29, 0.717) is 11.1 Å². The van der Waals surface area contributed by atoms with Crippen LogP contribution in [0, 0.1) is 22.7 Å². The predicted molar refractivity (Wildman–Crippen MR) is 195 cm³/mol. The van der Waals surface area contributed by atoms with Crippen molar-refractivity contribution in [3.8, 4) is 45.8 Å². The molecule has 0 bridgehead atoms. The average Bonchev–Trinajstić information content (AvgIpc) is 3.67. The molecule has 0 N–H and O–H groups in total. The Morgan fingerprint density at radius 1 is 0.396 bits per heavy atom. The smallest absolute Gasteiger partial charge is 0.0991 e. The van der Waals surface area contributed by atoms with Gasteiger partial charge in [0.05, 0.1) is 51.0 Å². The molecule has 0 radical (unpaired) electrons. The summed E-state index contributed by atoms with van der Waals surface area (Å²) in [5, 5.41) is 24.1. The summed E-state index contributed by atoms with van der Waals surface area (Å²) in [6.45, 7) is 0. The minimum absolute atomic E-state index is 0.617. The van der Waals surface area contributed by atoms with Gasteiger partial charge in [-0.15, -0.1) is 0 Å². The summed E-state index contributed by atoms with van der Waals surface area (Å²) in [4.78, 5) is 0. The van der Waals surface area contributed by atoms with Crippen LogP contribution < -0.4 is 0 Å². The molecule has 0 spiro atoms. The van der Waals surface area contributed by atoms with E-state index in [9.17, 15) is 10.5 Å². The fraction of sp³-hybridized carbons (Fsp3) is 0. The Kier molecular flexibility index (Phi) is 6.22. The van der Waals surface area contributed by atoms with Crippen molar-refractivity contribution in [2.24, 2.45) is 0 Å². The lowest BCUT2D eigenvalue weighted by Gasteiger charge is -2.19. The molecule has 4 nitrogen and oxygen atoms in total. The normalized spacial score (nSPS) is 11.3. The lowest BCUT2D eigenvalue weighted by atomic mass is 9.91. The summed E-state index contributed by atoms with van der Waals surface area (Å²) in [6.07, 6.45) is 0. The number of rotatable bonds is 4. The van der Waals surface area contributed by atoms with Gasteiger partial charge in [-0.1, -0.05) is 91.0 Å². The summed E-state index contributed by atoms with van der Waals surface area (Å²) in [5.74, 6) is 0. The molecular weight excluding hydrogens is 585 g/mol. The van der Waals surface area contributed by atoms with Gasteiger partial charge in [0.25, 0.3) is 0 Å². The summed E-state index contributed by atoms with van der Waals surface area (Å²) < 4.78 is 4.63. The minimum atomic E-state index is 0.617. The van der Waals surface area contributed by atoms with Gasteiger partial charge in [0.2, 0.25) is 0 Å². The summed E-state index contributed by atoms with van der Waals surface area (Å²) in [5.41, 5.74) is 11.9. The summed E-state index contributed by atoms with van der Waals surface area (Å²) in [6, 6.07) is 59.0. The molecule has 0 aliphatic heterocycles. The first kappa shape index (κ1) is 27.4. The Morgan fingerprint density at radius 2 is 0.958 bits per heavy atom. The van der Waals surface area contributed by atoms with Crippen LogP contribution in [0.3, 0.4) is 0 Å². The molecule has 4 heteroatoms. The van der Waals surface area contributed by atoms with E-state index in [2.05, 4.69) is 137 Å². The first-order valence-corrected chi connectivity index (χ1v) is 15.9. The van der Waals surface area contributed by atoms with Crippen molar-refractivity contribution in [2.45, 2.75) is 0 Å². The van der Waals surface area contributed by atoms with Gasteiger partial charge in [0.15, 0.2) is 0 Å². The van der Waals surface area contributed by atoms with Crippen LogP contribution in [0.4, 0.5) is 0 Å². The molecule has 0 atom stereocenters. The lowest BCUT2D eigenvalue weighted by Crippen LogP contribution is -2.00. The highest BCUT2D eigenvalue weighted by Crippen LogP contribution is 2.42. The van der Waals surface area contributed by atoms with Gasteiger partial charge in [-0.25, -0.2) is 0 Å². The van der Waals surface area contributed by atoms with Crippen molar-refractivity contribution in [1.82, 2.24) is 9.13 Å². The maximum Gasteiger partial charge on any atom is 0.0991 e. The van der Waals surface area contributed by atoms with Gasteiger partial charge in [0, 0.05) is 32.8 Å². The molecule has 9 rings (SSSR count). The van der Waals surface area contributed by atoms with Gasteiger partial charge >= 0.3 is 0 Å². The van der Waals surface area contributed by atoms with Gasteiger partial charge < -0.3 is 9.13 Å². The van der Waals surface area contributed by atoms with E-state index in [1.54, 1.807) is 0 Å². The fourth-order valence-electron chi connectivity index (χ4n) is 7.33. The van der Waals surface area contributed by atoms with E-state index < -0.39 is 0 Å². The zero-order chi connectivity index (χ0) is 32.2. The van der Waals surface area contributed by atoms with Crippen molar-refractivity contribution >= 4 is 43.6 Å². The standard InChI is InChI=1S/C44H26N4/c45-27-29-10-7-12-32(24-29)44-34(17-9-21-43(44)48-40-19-5-1-14-35(40)36-15-2-6-20-41(36)48)31-11-8-13-33(26-31)47-39-18-4-3-16-37(39)38-25-30(28-46)22-23-42(38)47/h1-26H. The van der Waals surface area contributed by atoms with Crippen LogP contribution in [0.2, 0.25) is 0 Å². The van der Waals surface area contributed by atoms with Crippen LogP contribution in [0.5, 0.6) is 0 Å². The number of hydrogen-bond acceptors (Lipinski definition) is 2. The Morgan fingerprint density at radius 3 is 1.67 bits per heavy atom. The maximum atomic E-state index is 9.90. The van der Waals surface area contributed by atoms with Crippen LogP contribution in [0.15, 0.2) is 158 Å². The van der Waals surface area contributed by atoms with Crippen LogP contribution in [-0.2, 0) is 0 Å². The van der Waals surface area contributed by atoms with Crippen molar-refractivity contribution in [3.05, 3.63) is 169 Å². The fourth-order valence-corrected chi connectivity index (χ4v) is 7.33. The highest BCUT2D eigenvalue weighted by Gasteiger charge is 2.20. The Labute approximate surface area is 277 Å². The van der Waals surface area contributed by atoms with Gasteiger partial charge in [-0.2, -0.15) is 10.5 Å². The van der Waals surface area contributed by atoms with Crippen molar-refractivity contribution < 1.29 is 0 Å². The molecule has 7 aromatic carbocycles. The van der Waals surface area contributed by atoms with Crippen LogP contribution >= 0.6 is 0 Å². The second kappa shape index (κ2) is 10.9. The van der Waals surface area contributed by atoms with E-state index in [0.717, 1.165) is 66.5 Å². The van der Waals surface area contributed by atoms with E-state index in [-0.39, 0.29) is 0 Å². The van der Waals surface area contributed by atoms with Gasteiger partial charge in [-0.05, 0) is 83.4 Å². The number of aromatic nitrogens is 2. The molecule has 0 saturated carbocycles. The Bertz CT molecular complexity index is 2760.